The number of ether oxygens (including phenoxy) is 2. The van der Waals surface area contributed by atoms with Crippen LogP contribution in [0, 0.1) is 0 Å². The Kier molecular flexibility index (Phi) is 11.9. The van der Waals surface area contributed by atoms with E-state index in [1.165, 1.54) is 4.90 Å². The van der Waals surface area contributed by atoms with Crippen molar-refractivity contribution < 1.29 is 23.9 Å². The first-order valence-electron chi connectivity index (χ1n) is 11.9. The summed E-state index contributed by atoms with van der Waals surface area (Å²) in [6.07, 6.45) is 2.57. The molecule has 34 heavy (non-hydrogen) atoms. The van der Waals surface area contributed by atoms with E-state index in [2.05, 4.69) is 0 Å². The lowest BCUT2D eigenvalue weighted by molar-refractivity contribution is -0.146. The molecule has 186 valence electrons. The Morgan fingerprint density at radius 3 is 2.29 bits per heavy atom. The third kappa shape index (κ3) is 9.39. The van der Waals surface area contributed by atoms with Gasteiger partial charge in [0, 0.05) is 51.7 Å². The average Bonchev–Trinajstić information content (AvgIpc) is 3.24. The molecule has 2 rings (SSSR count). The van der Waals surface area contributed by atoms with Crippen molar-refractivity contribution in [3.05, 3.63) is 59.9 Å². The van der Waals surface area contributed by atoms with Crippen LogP contribution in [-0.2, 0) is 44.0 Å². The first-order valence-corrected chi connectivity index (χ1v) is 11.9. The minimum Gasteiger partial charge on any atom is -0.466 e. The Morgan fingerprint density at radius 2 is 1.65 bits per heavy atom. The van der Waals surface area contributed by atoms with Crippen LogP contribution in [0.15, 0.2) is 48.7 Å². The molecule has 2 amide bonds. The third-order valence-corrected chi connectivity index (χ3v) is 5.42. The van der Waals surface area contributed by atoms with Crippen LogP contribution in [0.4, 0.5) is 0 Å². The van der Waals surface area contributed by atoms with E-state index < -0.39 is 5.97 Å². The number of aryl methyl sites for hydroxylation is 1. The molecule has 0 saturated carbocycles. The number of nitrogens with zero attached hydrogens (tertiary/aromatic N) is 3. The lowest BCUT2D eigenvalue weighted by Crippen LogP contribution is -2.43. The predicted octanol–water partition coefficient (Wildman–Crippen LogP) is 3.15. The zero-order valence-electron chi connectivity index (χ0n) is 20.6. The quantitative estimate of drug-likeness (QED) is 0.294. The molecular formula is C26H37N3O5. The number of esters is 1. The molecular weight excluding hydrogens is 434 g/mol. The van der Waals surface area contributed by atoms with Gasteiger partial charge in [-0.2, -0.15) is 0 Å². The number of aromatic nitrogens is 1. The van der Waals surface area contributed by atoms with Crippen molar-refractivity contribution in [3.63, 3.8) is 0 Å². The lowest BCUT2D eigenvalue weighted by atomic mass is 10.2. The first kappa shape index (κ1) is 27.1. The van der Waals surface area contributed by atoms with Crippen LogP contribution >= 0.6 is 0 Å². The summed E-state index contributed by atoms with van der Waals surface area (Å²) in [7, 11) is 1.94. The maximum absolute atomic E-state index is 13.4. The highest BCUT2D eigenvalue weighted by molar-refractivity contribution is 5.86. The van der Waals surface area contributed by atoms with Gasteiger partial charge in [-0.1, -0.05) is 30.3 Å². The SMILES string of the molecule is CCOCCCN(CC(=O)N(Cc1ccccc1)Cc1cccn1C)C(=O)CCC(=O)OCC. The van der Waals surface area contributed by atoms with Gasteiger partial charge in [0.25, 0.3) is 0 Å². The molecule has 0 bridgehead atoms. The van der Waals surface area contributed by atoms with Gasteiger partial charge in [0.1, 0.15) is 0 Å². The molecule has 8 nitrogen and oxygen atoms in total. The van der Waals surface area contributed by atoms with Gasteiger partial charge in [0.15, 0.2) is 0 Å². The minimum absolute atomic E-state index is 0.0000957. The van der Waals surface area contributed by atoms with Crippen molar-refractivity contribution in [1.82, 2.24) is 14.4 Å². The second kappa shape index (κ2) is 14.9. The second-order valence-electron chi connectivity index (χ2n) is 8.02. The van der Waals surface area contributed by atoms with Crippen molar-refractivity contribution in [3.8, 4) is 0 Å². The van der Waals surface area contributed by atoms with Crippen molar-refractivity contribution in [2.45, 2.75) is 46.2 Å². The summed E-state index contributed by atoms with van der Waals surface area (Å²) in [5.74, 6) is -0.798. The molecule has 2 aromatic rings. The number of hydrogen-bond acceptors (Lipinski definition) is 5. The molecule has 1 aromatic carbocycles. The Labute approximate surface area is 202 Å². The fraction of sp³-hybridized carbons (Fsp3) is 0.500. The van der Waals surface area contributed by atoms with Gasteiger partial charge in [-0.3, -0.25) is 14.4 Å². The standard InChI is InChI=1S/C26H37N3O5/c1-4-33-18-10-17-28(24(30)14-15-26(32)34-5-2)21-25(31)29(19-22-11-7-6-8-12-22)20-23-13-9-16-27(23)3/h6-9,11-13,16H,4-5,10,14-15,17-21H2,1-3H3. The van der Waals surface area contributed by atoms with Crippen LogP contribution in [0.2, 0.25) is 0 Å². The maximum atomic E-state index is 13.4. The monoisotopic (exact) mass is 471 g/mol. The van der Waals surface area contributed by atoms with E-state index in [9.17, 15) is 14.4 Å². The van der Waals surface area contributed by atoms with Crippen LogP contribution in [0.25, 0.3) is 0 Å². The van der Waals surface area contributed by atoms with Gasteiger partial charge in [0.2, 0.25) is 11.8 Å². The molecule has 0 saturated heterocycles. The third-order valence-electron chi connectivity index (χ3n) is 5.42. The normalized spacial score (nSPS) is 10.7. The summed E-state index contributed by atoms with van der Waals surface area (Å²) >= 11 is 0. The minimum atomic E-state index is -0.411. The molecule has 0 atom stereocenters. The summed E-state index contributed by atoms with van der Waals surface area (Å²) in [5.41, 5.74) is 2.02. The molecule has 0 N–H and O–H groups in total. The highest BCUT2D eigenvalue weighted by Gasteiger charge is 2.23. The molecule has 0 aliphatic carbocycles. The molecule has 1 heterocycles. The number of rotatable bonds is 15. The van der Waals surface area contributed by atoms with Crippen LogP contribution in [0.1, 0.15) is 44.4 Å². The van der Waals surface area contributed by atoms with E-state index in [0.717, 1.165) is 11.3 Å². The zero-order chi connectivity index (χ0) is 24.8. The van der Waals surface area contributed by atoms with E-state index in [1.807, 2.05) is 67.2 Å². The average molecular weight is 472 g/mol. The highest BCUT2D eigenvalue weighted by atomic mass is 16.5. The van der Waals surface area contributed by atoms with E-state index in [-0.39, 0.29) is 37.8 Å². The smallest absolute Gasteiger partial charge is 0.306 e. The van der Waals surface area contributed by atoms with Crippen LogP contribution in [0.5, 0.6) is 0 Å². The number of carbonyl (C=O) groups excluding carboxylic acids is 3. The molecule has 0 radical (unpaired) electrons. The summed E-state index contributed by atoms with van der Waals surface area (Å²) in [4.78, 5) is 41.4. The highest BCUT2D eigenvalue weighted by Crippen LogP contribution is 2.12. The summed E-state index contributed by atoms with van der Waals surface area (Å²) in [6, 6.07) is 13.7. The zero-order valence-corrected chi connectivity index (χ0v) is 20.6. The van der Waals surface area contributed by atoms with Crippen molar-refractivity contribution >= 4 is 17.8 Å². The van der Waals surface area contributed by atoms with Gasteiger partial charge in [-0.25, -0.2) is 0 Å². The summed E-state index contributed by atoms with van der Waals surface area (Å²) in [5, 5.41) is 0. The van der Waals surface area contributed by atoms with Crippen molar-refractivity contribution in [2.75, 3.05) is 32.9 Å². The van der Waals surface area contributed by atoms with Crippen molar-refractivity contribution in [1.29, 1.82) is 0 Å². The van der Waals surface area contributed by atoms with E-state index in [4.69, 9.17) is 9.47 Å². The molecule has 1 aromatic heterocycles. The molecule has 8 heteroatoms. The van der Waals surface area contributed by atoms with Gasteiger partial charge in [-0.05, 0) is 38.0 Å². The Bertz CT molecular complexity index is 897. The molecule has 0 spiro atoms. The summed E-state index contributed by atoms with van der Waals surface area (Å²) in [6.45, 7) is 6.22. The second-order valence-corrected chi connectivity index (χ2v) is 8.02. The largest absolute Gasteiger partial charge is 0.466 e. The van der Waals surface area contributed by atoms with Crippen LogP contribution in [0.3, 0.4) is 0 Å². The van der Waals surface area contributed by atoms with Crippen molar-refractivity contribution in [2.24, 2.45) is 7.05 Å². The fourth-order valence-electron chi connectivity index (χ4n) is 3.55. The van der Waals surface area contributed by atoms with E-state index in [0.29, 0.717) is 39.3 Å². The number of carbonyl (C=O) groups is 3. The fourth-order valence-corrected chi connectivity index (χ4v) is 3.55. The van der Waals surface area contributed by atoms with Crippen LogP contribution in [-0.4, -0.2) is 65.1 Å². The lowest BCUT2D eigenvalue weighted by Gasteiger charge is -2.28. The van der Waals surface area contributed by atoms with Crippen LogP contribution < -0.4 is 0 Å². The topological polar surface area (TPSA) is 81.1 Å². The number of benzene rings is 1. The number of hydrogen-bond donors (Lipinski definition) is 0. The predicted molar refractivity (Wildman–Crippen MR) is 130 cm³/mol. The Morgan fingerprint density at radius 1 is 0.882 bits per heavy atom. The van der Waals surface area contributed by atoms with Gasteiger partial charge in [0.05, 0.1) is 26.1 Å². The van der Waals surface area contributed by atoms with Gasteiger partial charge in [-0.15, -0.1) is 0 Å². The van der Waals surface area contributed by atoms with E-state index in [1.54, 1.807) is 11.8 Å². The van der Waals surface area contributed by atoms with Gasteiger partial charge >= 0.3 is 5.97 Å². The first-order chi connectivity index (χ1) is 16.4. The molecule has 0 aliphatic heterocycles. The molecule has 0 aliphatic rings. The summed E-state index contributed by atoms with van der Waals surface area (Å²) < 4.78 is 12.3. The molecule has 0 fully saturated rings. The van der Waals surface area contributed by atoms with Gasteiger partial charge < -0.3 is 23.8 Å². The maximum Gasteiger partial charge on any atom is 0.306 e. The Balaban J connectivity index is 2.12. The number of amides is 2. The molecule has 0 unspecified atom stereocenters. The Hall–Kier alpha value is -3.13. The van der Waals surface area contributed by atoms with E-state index >= 15 is 0 Å².